The van der Waals surface area contributed by atoms with Gasteiger partial charge in [0, 0.05) is 55.9 Å². The normalized spacial score (nSPS) is 28.4. The van der Waals surface area contributed by atoms with E-state index in [0.29, 0.717) is 29.7 Å². The summed E-state index contributed by atoms with van der Waals surface area (Å²) < 4.78 is 5.49. The molecule has 0 amide bonds. The number of Topliss-reactive ketones (excluding diaryl/α,β-unsaturated/α-hetero) is 1. The molecule has 4 unspecified atom stereocenters. The zero-order valence-electron chi connectivity index (χ0n) is 20.1. The SMILES string of the molecule is CNOC(O)CC1=CC[NH+]2C(CC(C)C)CCC3=CC(O)=C(OC)C4=CC4=C3C2CCC1=O. The molecule has 4 aliphatic rings. The van der Waals surface area contributed by atoms with E-state index < -0.39 is 6.29 Å². The van der Waals surface area contributed by atoms with Crippen molar-refractivity contribution < 1.29 is 29.5 Å². The van der Waals surface area contributed by atoms with Gasteiger partial charge in [-0.15, -0.1) is 0 Å². The van der Waals surface area contributed by atoms with Crippen LogP contribution in [0.25, 0.3) is 0 Å². The quantitative estimate of drug-likeness (QED) is 0.346. The molecule has 0 aromatic heterocycles. The number of methoxy groups -OCH3 is 1. The molecule has 4 N–H and O–H groups in total. The number of quaternary nitrogens is 1. The van der Waals surface area contributed by atoms with Crippen LogP contribution in [0.15, 0.2) is 57.6 Å². The Balaban J connectivity index is 1.71. The Labute approximate surface area is 196 Å². The Morgan fingerprint density at radius 3 is 2.73 bits per heavy atom. The van der Waals surface area contributed by atoms with Gasteiger partial charge in [0.2, 0.25) is 0 Å². The predicted octanol–water partition coefficient (Wildman–Crippen LogP) is 2.19. The zero-order chi connectivity index (χ0) is 23.7. The van der Waals surface area contributed by atoms with Gasteiger partial charge in [0.05, 0.1) is 19.7 Å². The fraction of sp³-hybridized carbons (Fsp3) is 0.577. The van der Waals surface area contributed by atoms with E-state index in [4.69, 9.17) is 9.57 Å². The van der Waals surface area contributed by atoms with E-state index >= 15 is 0 Å². The van der Waals surface area contributed by atoms with Crippen molar-refractivity contribution in [2.45, 2.75) is 70.7 Å². The van der Waals surface area contributed by atoms with Crippen LogP contribution >= 0.6 is 0 Å². The Hall–Kier alpha value is -2.19. The van der Waals surface area contributed by atoms with Gasteiger partial charge < -0.3 is 19.8 Å². The molecule has 7 heteroatoms. The first-order valence-corrected chi connectivity index (χ1v) is 12.1. The first-order chi connectivity index (χ1) is 15.8. The number of nitrogens with one attached hydrogen (secondary N) is 2. The lowest BCUT2D eigenvalue weighted by Crippen LogP contribution is -3.19. The van der Waals surface area contributed by atoms with Crippen molar-refractivity contribution in [1.29, 1.82) is 0 Å². The highest BCUT2D eigenvalue weighted by Gasteiger charge is 2.43. The van der Waals surface area contributed by atoms with E-state index in [9.17, 15) is 15.0 Å². The van der Waals surface area contributed by atoms with Crippen LogP contribution in [0.5, 0.6) is 0 Å². The van der Waals surface area contributed by atoms with Gasteiger partial charge in [0.15, 0.2) is 23.6 Å². The number of allylic oxidation sites excluding steroid dienone is 3. The number of rotatable bonds is 7. The molecule has 7 nitrogen and oxygen atoms in total. The molecular weight excluding hydrogens is 420 g/mol. The summed E-state index contributed by atoms with van der Waals surface area (Å²) in [6.07, 6.45) is 9.35. The van der Waals surface area contributed by atoms with Crippen molar-refractivity contribution in [2.75, 3.05) is 20.7 Å². The number of hydrogen-bond donors (Lipinski definition) is 4. The molecule has 0 bridgehead atoms. The average Bonchev–Trinajstić information content (AvgIpc) is 3.53. The Bertz CT molecular complexity index is 956. The largest absolute Gasteiger partial charge is 0.504 e. The first-order valence-electron chi connectivity index (χ1n) is 12.1. The van der Waals surface area contributed by atoms with Gasteiger partial charge in [-0.1, -0.05) is 13.8 Å². The first kappa shape index (κ1) is 24.0. The minimum Gasteiger partial charge on any atom is -0.504 e. The smallest absolute Gasteiger partial charge is 0.178 e. The van der Waals surface area contributed by atoms with Gasteiger partial charge in [0.25, 0.3) is 0 Å². The minimum atomic E-state index is -1.05. The summed E-state index contributed by atoms with van der Waals surface area (Å²) in [5.74, 6) is 1.38. The number of hydrogen-bond acceptors (Lipinski definition) is 6. The average molecular weight is 458 g/mol. The third kappa shape index (κ3) is 5.01. The van der Waals surface area contributed by atoms with Crippen molar-refractivity contribution in [1.82, 2.24) is 5.48 Å². The second-order valence-electron chi connectivity index (χ2n) is 9.84. The van der Waals surface area contributed by atoms with E-state index in [1.807, 2.05) is 12.2 Å². The van der Waals surface area contributed by atoms with Crippen LogP contribution in [0.3, 0.4) is 0 Å². The maximum absolute atomic E-state index is 13.0. The molecule has 0 saturated carbocycles. The van der Waals surface area contributed by atoms with Gasteiger partial charge >= 0.3 is 0 Å². The molecule has 1 fully saturated rings. The predicted molar refractivity (Wildman–Crippen MR) is 125 cm³/mol. The molecule has 0 aromatic rings. The van der Waals surface area contributed by atoms with E-state index in [-0.39, 0.29) is 24.0 Å². The van der Waals surface area contributed by atoms with Crippen molar-refractivity contribution >= 4 is 5.78 Å². The lowest BCUT2D eigenvalue weighted by molar-refractivity contribution is -0.939. The fourth-order valence-electron chi connectivity index (χ4n) is 5.79. The number of carbonyl (C=O) groups excluding carboxylic acids is 1. The summed E-state index contributed by atoms with van der Waals surface area (Å²) in [5, 5.41) is 20.8. The zero-order valence-corrected chi connectivity index (χ0v) is 20.1. The fourth-order valence-corrected chi connectivity index (χ4v) is 5.79. The Morgan fingerprint density at radius 2 is 2.03 bits per heavy atom. The minimum absolute atomic E-state index is 0.0738. The highest BCUT2D eigenvalue weighted by atomic mass is 16.7. The van der Waals surface area contributed by atoms with Gasteiger partial charge in [-0.3, -0.25) is 9.63 Å². The van der Waals surface area contributed by atoms with Crippen LogP contribution in [0.2, 0.25) is 0 Å². The summed E-state index contributed by atoms with van der Waals surface area (Å²) in [6, 6.07) is 0.630. The highest BCUT2D eigenvalue weighted by molar-refractivity contribution is 5.95. The standard InChI is InChI=1S/C26H36N2O5/c1-15(2)11-18-6-5-17-12-23(30)26(32-4)20-14-19(20)25(17)21-7-8-22(29)16(9-10-28(18)21)13-24(31)33-27-3/h9,12,14-15,18,21,24,27,30-31H,5-8,10-11,13H2,1-4H3/p+1. The lowest BCUT2D eigenvalue weighted by Gasteiger charge is -2.36. The topological polar surface area (TPSA) is 92.5 Å². The second kappa shape index (κ2) is 9.97. The van der Waals surface area contributed by atoms with Crippen LogP contribution in [-0.2, 0) is 14.4 Å². The van der Waals surface area contributed by atoms with Crippen LogP contribution in [0.4, 0.5) is 0 Å². The van der Waals surface area contributed by atoms with Crippen LogP contribution in [0, 0.1) is 5.92 Å². The monoisotopic (exact) mass is 457 g/mol. The van der Waals surface area contributed by atoms with E-state index in [1.54, 1.807) is 14.2 Å². The molecule has 2 heterocycles. The molecule has 0 spiro atoms. The summed E-state index contributed by atoms with van der Waals surface area (Å²) in [5.41, 5.74) is 7.74. The molecule has 2 aliphatic heterocycles. The number of fused-ring (bicyclic) bond motifs is 4. The molecule has 4 atom stereocenters. The number of aliphatic hydroxyl groups excluding tert-OH is 2. The van der Waals surface area contributed by atoms with E-state index in [0.717, 1.165) is 37.8 Å². The molecular formula is C26H37N2O5+. The number of hydroxylamine groups is 1. The van der Waals surface area contributed by atoms with E-state index in [1.165, 1.54) is 21.6 Å². The molecule has 0 radical (unpaired) electrons. The Morgan fingerprint density at radius 1 is 1.24 bits per heavy atom. The summed E-state index contributed by atoms with van der Waals surface area (Å²) >= 11 is 0. The maximum Gasteiger partial charge on any atom is 0.178 e. The van der Waals surface area contributed by atoms with Crippen molar-refractivity contribution in [2.24, 2.45) is 5.92 Å². The van der Waals surface area contributed by atoms with Crippen molar-refractivity contribution in [3.8, 4) is 0 Å². The molecule has 1 saturated heterocycles. The summed E-state index contributed by atoms with van der Waals surface area (Å²) in [6.45, 7) is 5.25. The number of ether oxygens (including phenoxy) is 1. The summed E-state index contributed by atoms with van der Waals surface area (Å²) in [7, 11) is 3.19. The van der Waals surface area contributed by atoms with Crippen molar-refractivity contribution in [3.05, 3.63) is 57.6 Å². The van der Waals surface area contributed by atoms with Crippen molar-refractivity contribution in [3.63, 3.8) is 0 Å². The number of carbonyl (C=O) groups is 1. The van der Waals surface area contributed by atoms with Gasteiger partial charge in [-0.2, -0.15) is 0 Å². The van der Waals surface area contributed by atoms with E-state index in [2.05, 4.69) is 25.4 Å². The third-order valence-electron chi connectivity index (χ3n) is 7.21. The van der Waals surface area contributed by atoms with Gasteiger partial charge in [-0.25, -0.2) is 5.48 Å². The summed E-state index contributed by atoms with van der Waals surface area (Å²) in [4.78, 5) is 19.5. The number of ketones is 1. The second-order valence-corrected chi connectivity index (χ2v) is 9.84. The van der Waals surface area contributed by atoms with Gasteiger partial charge in [-0.05, 0) is 41.7 Å². The molecule has 33 heavy (non-hydrogen) atoms. The molecule has 180 valence electrons. The van der Waals surface area contributed by atoms with Crippen LogP contribution in [0.1, 0.15) is 52.4 Å². The van der Waals surface area contributed by atoms with Crippen LogP contribution in [-0.4, -0.2) is 55.1 Å². The molecule has 2 aliphatic carbocycles. The highest BCUT2D eigenvalue weighted by Crippen LogP contribution is 2.46. The number of aliphatic hydroxyl groups is 2. The molecule has 0 aromatic carbocycles. The Kier molecular flexibility index (Phi) is 7.24. The maximum atomic E-state index is 13.0. The van der Waals surface area contributed by atoms with Crippen LogP contribution < -0.4 is 10.4 Å². The molecule has 4 rings (SSSR count). The lowest BCUT2D eigenvalue weighted by atomic mass is 9.88. The van der Waals surface area contributed by atoms with Gasteiger partial charge in [0.1, 0.15) is 6.04 Å². The third-order valence-corrected chi connectivity index (χ3v) is 7.21.